The van der Waals surface area contributed by atoms with Gasteiger partial charge in [0.05, 0.1) is 17.2 Å². The Morgan fingerprint density at radius 2 is 2.11 bits per heavy atom. The Hall–Kier alpha value is -2.55. The summed E-state index contributed by atoms with van der Waals surface area (Å²) in [4.78, 5) is 6.29. The average molecular weight is 387 g/mol. The maximum absolute atomic E-state index is 13.4. The van der Waals surface area contributed by atoms with Gasteiger partial charge in [0.2, 0.25) is 0 Å². The van der Waals surface area contributed by atoms with Crippen molar-refractivity contribution in [2.45, 2.75) is 57.2 Å². The first-order valence-corrected chi connectivity index (χ1v) is 9.57. The molecule has 0 radical (unpaired) electrons. The predicted molar refractivity (Wildman–Crippen MR) is 103 cm³/mol. The van der Waals surface area contributed by atoms with Gasteiger partial charge >= 0.3 is 6.18 Å². The van der Waals surface area contributed by atoms with E-state index in [1.54, 1.807) is 18.3 Å². The van der Waals surface area contributed by atoms with Gasteiger partial charge in [-0.05, 0) is 61.4 Å². The molecule has 0 amide bonds. The molecule has 1 aliphatic rings. The van der Waals surface area contributed by atoms with Crippen LogP contribution < -0.4 is 4.90 Å². The highest BCUT2D eigenvalue weighted by Gasteiger charge is 2.38. The molecule has 2 atom stereocenters. The van der Waals surface area contributed by atoms with Gasteiger partial charge in [-0.15, -0.1) is 0 Å². The van der Waals surface area contributed by atoms with Crippen molar-refractivity contribution in [3.63, 3.8) is 0 Å². The van der Waals surface area contributed by atoms with Gasteiger partial charge in [-0.2, -0.15) is 18.4 Å². The van der Waals surface area contributed by atoms with Crippen LogP contribution in [0.4, 0.5) is 18.9 Å². The van der Waals surface area contributed by atoms with E-state index in [0.29, 0.717) is 12.2 Å². The zero-order chi connectivity index (χ0) is 20.4. The molecular formula is C22H24F3N3. The monoisotopic (exact) mass is 387 g/mol. The summed E-state index contributed by atoms with van der Waals surface area (Å²) in [6.07, 6.45) is 2.93. The summed E-state index contributed by atoms with van der Waals surface area (Å²) in [5.74, 6) is 0. The molecule has 1 fully saturated rings. The number of alkyl halides is 3. The number of benzene rings is 1. The highest BCUT2D eigenvalue weighted by atomic mass is 19.4. The zero-order valence-corrected chi connectivity index (χ0v) is 16.1. The van der Waals surface area contributed by atoms with Gasteiger partial charge in [0.1, 0.15) is 0 Å². The highest BCUT2D eigenvalue weighted by Crippen LogP contribution is 2.42. The normalized spacial score (nSPS) is 22.5. The van der Waals surface area contributed by atoms with Gasteiger partial charge in [-0.1, -0.05) is 19.4 Å². The van der Waals surface area contributed by atoms with Crippen molar-refractivity contribution in [3.8, 4) is 6.07 Å². The molecule has 0 saturated heterocycles. The fourth-order valence-corrected chi connectivity index (χ4v) is 4.39. The summed E-state index contributed by atoms with van der Waals surface area (Å²) in [6, 6.07) is 9.84. The van der Waals surface area contributed by atoms with Gasteiger partial charge < -0.3 is 4.90 Å². The van der Waals surface area contributed by atoms with Gasteiger partial charge in [0, 0.05) is 30.7 Å². The molecule has 3 rings (SSSR count). The van der Waals surface area contributed by atoms with E-state index >= 15 is 0 Å². The summed E-state index contributed by atoms with van der Waals surface area (Å²) in [5, 5.41) is 9.04. The molecule has 1 aliphatic carbocycles. The molecule has 148 valence electrons. The van der Waals surface area contributed by atoms with Crippen LogP contribution >= 0.6 is 0 Å². The molecule has 3 nitrogen and oxygen atoms in total. The number of hydrogen-bond donors (Lipinski definition) is 0. The third-order valence-electron chi connectivity index (χ3n) is 5.85. The molecule has 1 aromatic carbocycles. The molecule has 0 bridgehead atoms. The fraction of sp³-hybridized carbons (Fsp3) is 0.455. The quantitative estimate of drug-likeness (QED) is 0.676. The minimum Gasteiger partial charge on any atom is -0.369 e. The van der Waals surface area contributed by atoms with Crippen molar-refractivity contribution < 1.29 is 13.2 Å². The van der Waals surface area contributed by atoms with Gasteiger partial charge in [0.25, 0.3) is 0 Å². The number of anilines is 1. The van der Waals surface area contributed by atoms with E-state index < -0.39 is 11.7 Å². The van der Waals surface area contributed by atoms with Crippen LogP contribution in [0.1, 0.15) is 56.2 Å². The van der Waals surface area contributed by atoms with Crippen LogP contribution in [-0.2, 0) is 11.6 Å². The predicted octanol–water partition coefficient (Wildman–Crippen LogP) is 5.70. The lowest BCUT2D eigenvalue weighted by Gasteiger charge is -2.44. The zero-order valence-electron chi connectivity index (χ0n) is 16.1. The van der Waals surface area contributed by atoms with E-state index in [9.17, 15) is 13.2 Å². The Kier molecular flexibility index (Phi) is 5.64. The lowest BCUT2D eigenvalue weighted by atomic mass is 9.69. The summed E-state index contributed by atoms with van der Waals surface area (Å²) >= 11 is 0. The number of hydrogen-bond acceptors (Lipinski definition) is 3. The van der Waals surface area contributed by atoms with Crippen LogP contribution in [0.3, 0.4) is 0 Å². The molecule has 6 heteroatoms. The van der Waals surface area contributed by atoms with E-state index in [-0.39, 0.29) is 17.0 Å². The summed E-state index contributed by atoms with van der Waals surface area (Å²) in [7, 11) is 0. The molecule has 0 aliphatic heterocycles. The number of halogens is 3. The van der Waals surface area contributed by atoms with Gasteiger partial charge in [0.15, 0.2) is 0 Å². The van der Waals surface area contributed by atoms with E-state index in [4.69, 9.17) is 5.26 Å². The standard InChI is InChI=1S/C22H24F3N3/c1-3-28(18-9-8-16(14-26)20(12-18)22(23,24)25)19-7-4-10-21(2,13-19)17-6-5-11-27-15-17/h5-6,8-9,11-12,15,19H,3-4,7,10,13H2,1-2H3. The van der Waals surface area contributed by atoms with Crippen molar-refractivity contribution in [2.24, 2.45) is 0 Å². The SMILES string of the molecule is CCN(c1ccc(C#N)c(C(F)(F)F)c1)C1CCCC(C)(c2cccnc2)C1. The molecule has 0 spiro atoms. The van der Waals surface area contributed by atoms with E-state index in [2.05, 4.69) is 18.0 Å². The third kappa shape index (κ3) is 3.99. The first kappa shape index (κ1) is 20.2. The second-order valence-electron chi connectivity index (χ2n) is 7.68. The molecule has 1 heterocycles. The minimum atomic E-state index is -4.54. The number of rotatable bonds is 4. The van der Waals surface area contributed by atoms with Crippen LogP contribution in [0.2, 0.25) is 0 Å². The fourth-order valence-electron chi connectivity index (χ4n) is 4.39. The second kappa shape index (κ2) is 7.83. The van der Waals surface area contributed by atoms with Crippen molar-refractivity contribution in [3.05, 3.63) is 59.4 Å². The first-order valence-electron chi connectivity index (χ1n) is 9.57. The Balaban J connectivity index is 1.92. The molecule has 1 aromatic heterocycles. The van der Waals surface area contributed by atoms with E-state index in [1.807, 2.05) is 24.1 Å². The van der Waals surface area contributed by atoms with Crippen molar-refractivity contribution in [1.82, 2.24) is 4.98 Å². The number of nitrogens with zero attached hydrogens (tertiary/aromatic N) is 3. The molecule has 2 aromatic rings. The third-order valence-corrected chi connectivity index (χ3v) is 5.85. The number of aromatic nitrogens is 1. The first-order chi connectivity index (χ1) is 13.3. The van der Waals surface area contributed by atoms with Crippen LogP contribution in [0.25, 0.3) is 0 Å². The Morgan fingerprint density at radius 3 is 2.71 bits per heavy atom. The van der Waals surface area contributed by atoms with Crippen LogP contribution in [0, 0.1) is 11.3 Å². The number of pyridine rings is 1. The van der Waals surface area contributed by atoms with Crippen molar-refractivity contribution in [2.75, 3.05) is 11.4 Å². The van der Waals surface area contributed by atoms with E-state index in [0.717, 1.165) is 31.7 Å². The highest BCUT2D eigenvalue weighted by molar-refractivity contribution is 5.55. The van der Waals surface area contributed by atoms with Gasteiger partial charge in [-0.25, -0.2) is 0 Å². The van der Waals surface area contributed by atoms with Crippen LogP contribution in [0.5, 0.6) is 0 Å². The van der Waals surface area contributed by atoms with Crippen molar-refractivity contribution in [1.29, 1.82) is 5.26 Å². The number of nitriles is 1. The molecule has 28 heavy (non-hydrogen) atoms. The smallest absolute Gasteiger partial charge is 0.369 e. The minimum absolute atomic E-state index is 0.0515. The second-order valence-corrected chi connectivity index (χ2v) is 7.68. The topological polar surface area (TPSA) is 39.9 Å². The lowest BCUT2D eigenvalue weighted by molar-refractivity contribution is -0.137. The molecule has 2 unspecified atom stereocenters. The lowest BCUT2D eigenvalue weighted by Crippen LogP contribution is -2.43. The average Bonchev–Trinajstić information content (AvgIpc) is 2.69. The maximum Gasteiger partial charge on any atom is 0.417 e. The van der Waals surface area contributed by atoms with Crippen molar-refractivity contribution >= 4 is 5.69 Å². The largest absolute Gasteiger partial charge is 0.417 e. The Morgan fingerprint density at radius 1 is 1.32 bits per heavy atom. The molecule has 0 N–H and O–H groups in total. The van der Waals surface area contributed by atoms with Crippen LogP contribution in [-0.4, -0.2) is 17.6 Å². The Labute approximate surface area is 163 Å². The summed E-state index contributed by atoms with van der Waals surface area (Å²) < 4.78 is 40.2. The summed E-state index contributed by atoms with van der Waals surface area (Å²) in [6.45, 7) is 4.78. The molecular weight excluding hydrogens is 363 g/mol. The van der Waals surface area contributed by atoms with Gasteiger partial charge in [-0.3, -0.25) is 4.98 Å². The molecule has 1 saturated carbocycles. The summed E-state index contributed by atoms with van der Waals surface area (Å²) in [5.41, 5.74) is 0.443. The van der Waals surface area contributed by atoms with Crippen LogP contribution in [0.15, 0.2) is 42.7 Å². The van der Waals surface area contributed by atoms with E-state index in [1.165, 1.54) is 11.6 Å². The Bertz CT molecular complexity index is 858. The maximum atomic E-state index is 13.4.